The predicted octanol–water partition coefficient (Wildman–Crippen LogP) is 5.00. The fourth-order valence-corrected chi connectivity index (χ4v) is 3.67. The molecule has 0 bridgehead atoms. The lowest BCUT2D eigenvalue weighted by atomic mass is 10.0. The van der Waals surface area contributed by atoms with Crippen molar-refractivity contribution in [2.45, 2.75) is 6.92 Å². The second-order valence-electron chi connectivity index (χ2n) is 7.37. The van der Waals surface area contributed by atoms with Crippen LogP contribution >= 0.6 is 0 Å². The van der Waals surface area contributed by atoms with Gasteiger partial charge in [-0.1, -0.05) is 0 Å². The number of methoxy groups -OCH3 is 3. The quantitative estimate of drug-likeness (QED) is 0.289. The lowest BCUT2D eigenvalue weighted by Gasteiger charge is -2.14. The van der Waals surface area contributed by atoms with Gasteiger partial charge in [0.2, 0.25) is 11.5 Å². The number of ketones is 1. The number of ether oxygens (including phenoxy) is 5. The third-order valence-electron chi connectivity index (χ3n) is 5.26. The number of hydrogen-bond acceptors (Lipinski definition) is 7. The highest BCUT2D eigenvalue weighted by Gasteiger charge is 2.31. The average Bonchev–Trinajstić information content (AvgIpc) is 3.14. The Morgan fingerprint density at radius 2 is 1.65 bits per heavy atom. The van der Waals surface area contributed by atoms with Crippen LogP contribution in [0.4, 0.5) is 4.39 Å². The Balaban J connectivity index is 1.64. The minimum Gasteiger partial charge on any atom is -0.493 e. The van der Waals surface area contributed by atoms with Crippen molar-refractivity contribution in [1.29, 1.82) is 0 Å². The number of benzene rings is 3. The number of aryl methyl sites for hydroxylation is 1. The van der Waals surface area contributed by atoms with Crippen molar-refractivity contribution in [1.82, 2.24) is 0 Å². The molecule has 8 heteroatoms. The van der Waals surface area contributed by atoms with E-state index in [0.29, 0.717) is 33.9 Å². The summed E-state index contributed by atoms with van der Waals surface area (Å²) in [6.07, 6.45) is 1.55. The molecule has 0 amide bonds. The summed E-state index contributed by atoms with van der Waals surface area (Å²) < 4.78 is 40.5. The van der Waals surface area contributed by atoms with Crippen molar-refractivity contribution < 1.29 is 37.7 Å². The van der Waals surface area contributed by atoms with Gasteiger partial charge in [-0.15, -0.1) is 0 Å². The van der Waals surface area contributed by atoms with Crippen LogP contribution in [-0.4, -0.2) is 33.1 Å². The number of allylic oxidation sites excluding steroid dienone is 1. The summed E-state index contributed by atoms with van der Waals surface area (Å²) in [6, 6.07) is 11.5. The molecule has 0 aliphatic carbocycles. The molecule has 3 aromatic carbocycles. The molecule has 4 rings (SSSR count). The number of fused-ring (bicyclic) bond motifs is 1. The highest BCUT2D eigenvalue weighted by atomic mass is 19.1. The van der Waals surface area contributed by atoms with E-state index in [-0.39, 0.29) is 28.6 Å². The number of Topliss-reactive ketones (excluding diaryl/α,β-unsaturated/α-hetero) is 1. The molecule has 0 radical (unpaired) electrons. The summed E-state index contributed by atoms with van der Waals surface area (Å²) in [4.78, 5) is 25.4. The molecule has 0 saturated heterocycles. The predicted molar refractivity (Wildman–Crippen MR) is 122 cm³/mol. The maximum Gasteiger partial charge on any atom is 0.343 e. The smallest absolute Gasteiger partial charge is 0.343 e. The van der Waals surface area contributed by atoms with Gasteiger partial charge in [0.05, 0.1) is 32.5 Å². The number of halogens is 1. The Morgan fingerprint density at radius 3 is 2.29 bits per heavy atom. The molecule has 0 saturated carbocycles. The van der Waals surface area contributed by atoms with E-state index >= 15 is 0 Å². The van der Waals surface area contributed by atoms with Crippen molar-refractivity contribution in [3.8, 4) is 28.7 Å². The minimum absolute atomic E-state index is 0.0747. The highest BCUT2D eigenvalue weighted by molar-refractivity contribution is 6.15. The van der Waals surface area contributed by atoms with Crippen molar-refractivity contribution >= 4 is 17.8 Å². The first kappa shape index (κ1) is 22.8. The van der Waals surface area contributed by atoms with Gasteiger partial charge in [0.1, 0.15) is 17.3 Å². The second-order valence-corrected chi connectivity index (χ2v) is 7.37. The SMILES string of the molecule is COc1ccc(/C=C2\Oc3cc(OC(=O)c4ccc(F)cc4)cc(C)c3C2=O)c(OC)c1OC. The van der Waals surface area contributed by atoms with Crippen molar-refractivity contribution in [3.05, 3.63) is 82.4 Å². The van der Waals surface area contributed by atoms with Gasteiger partial charge in [-0.3, -0.25) is 4.79 Å². The Labute approximate surface area is 195 Å². The van der Waals surface area contributed by atoms with E-state index in [9.17, 15) is 14.0 Å². The van der Waals surface area contributed by atoms with E-state index in [2.05, 4.69) is 0 Å². The van der Waals surface area contributed by atoms with Crippen molar-refractivity contribution in [3.63, 3.8) is 0 Å². The van der Waals surface area contributed by atoms with Crippen LogP contribution in [0.25, 0.3) is 6.08 Å². The molecule has 7 nitrogen and oxygen atoms in total. The van der Waals surface area contributed by atoms with Crippen LogP contribution in [0.2, 0.25) is 0 Å². The van der Waals surface area contributed by atoms with Crippen molar-refractivity contribution in [2.75, 3.05) is 21.3 Å². The standard InChI is InChI=1S/C26H21FO7/c1-14-11-18(33-26(29)15-5-8-17(27)9-6-15)13-20-22(14)23(28)21(34-20)12-16-7-10-19(30-2)25(32-4)24(16)31-3/h5-13H,1-4H3/b21-12-. The van der Waals surface area contributed by atoms with Gasteiger partial charge in [-0.2, -0.15) is 0 Å². The Kier molecular flexibility index (Phi) is 6.23. The van der Waals surface area contributed by atoms with Gasteiger partial charge in [0, 0.05) is 11.6 Å². The molecule has 0 unspecified atom stereocenters. The Hall–Kier alpha value is -4.33. The molecule has 1 aliphatic rings. The minimum atomic E-state index is -0.658. The van der Waals surface area contributed by atoms with Gasteiger partial charge < -0.3 is 23.7 Å². The van der Waals surface area contributed by atoms with E-state index in [0.717, 1.165) is 0 Å². The number of esters is 1. The first-order valence-corrected chi connectivity index (χ1v) is 10.2. The van der Waals surface area contributed by atoms with E-state index in [4.69, 9.17) is 23.7 Å². The van der Waals surface area contributed by atoms with E-state index in [1.54, 1.807) is 31.2 Å². The third-order valence-corrected chi connectivity index (χ3v) is 5.26. The summed E-state index contributed by atoms with van der Waals surface area (Å²) in [5.74, 6) is 0.344. The van der Waals surface area contributed by atoms with Gasteiger partial charge in [0.25, 0.3) is 0 Å². The fraction of sp³-hybridized carbons (Fsp3) is 0.154. The molecule has 0 N–H and O–H groups in total. The van der Waals surface area contributed by atoms with Crippen LogP contribution in [0.1, 0.15) is 31.8 Å². The van der Waals surface area contributed by atoms with E-state index in [1.165, 1.54) is 51.7 Å². The summed E-state index contributed by atoms with van der Waals surface area (Å²) in [6.45, 7) is 1.72. The summed E-state index contributed by atoms with van der Waals surface area (Å²) in [5, 5.41) is 0. The van der Waals surface area contributed by atoms with Gasteiger partial charge in [0.15, 0.2) is 17.3 Å². The molecular weight excluding hydrogens is 443 g/mol. The van der Waals surface area contributed by atoms with Crippen LogP contribution in [0.15, 0.2) is 54.3 Å². The summed E-state index contributed by atoms with van der Waals surface area (Å²) in [7, 11) is 4.48. The highest BCUT2D eigenvalue weighted by Crippen LogP contribution is 2.42. The molecule has 0 aromatic heterocycles. The third kappa shape index (κ3) is 4.17. The molecule has 0 atom stereocenters. The molecule has 1 aliphatic heterocycles. The lowest BCUT2D eigenvalue weighted by molar-refractivity contribution is 0.0734. The number of carbonyl (C=O) groups is 2. The maximum absolute atomic E-state index is 13.1. The number of rotatable bonds is 6. The molecule has 3 aromatic rings. The normalized spacial score (nSPS) is 13.3. The monoisotopic (exact) mass is 464 g/mol. The summed E-state index contributed by atoms with van der Waals surface area (Å²) >= 11 is 0. The zero-order chi connectivity index (χ0) is 24.4. The molecule has 1 heterocycles. The largest absolute Gasteiger partial charge is 0.493 e. The van der Waals surface area contributed by atoms with Gasteiger partial charge in [-0.05, 0) is 61.0 Å². The average molecular weight is 464 g/mol. The fourth-order valence-electron chi connectivity index (χ4n) is 3.67. The molecule has 174 valence electrons. The summed E-state index contributed by atoms with van der Waals surface area (Å²) in [5.41, 5.74) is 1.69. The van der Waals surface area contributed by atoms with Crippen molar-refractivity contribution in [2.24, 2.45) is 0 Å². The van der Waals surface area contributed by atoms with Crippen LogP contribution in [0.5, 0.6) is 28.7 Å². The molecule has 0 spiro atoms. The number of hydrogen-bond donors (Lipinski definition) is 0. The second kappa shape index (κ2) is 9.27. The Morgan fingerprint density at radius 1 is 0.941 bits per heavy atom. The molecule has 34 heavy (non-hydrogen) atoms. The first-order chi connectivity index (χ1) is 16.4. The Bertz CT molecular complexity index is 1310. The van der Waals surface area contributed by atoms with Crippen LogP contribution in [0, 0.1) is 12.7 Å². The zero-order valence-corrected chi connectivity index (χ0v) is 18.9. The lowest BCUT2D eigenvalue weighted by Crippen LogP contribution is -2.08. The van der Waals surface area contributed by atoms with E-state index < -0.39 is 11.8 Å². The topological polar surface area (TPSA) is 80.3 Å². The first-order valence-electron chi connectivity index (χ1n) is 10.2. The van der Waals surface area contributed by atoms with Crippen LogP contribution < -0.4 is 23.7 Å². The molecule has 0 fully saturated rings. The zero-order valence-electron chi connectivity index (χ0n) is 18.9. The van der Waals surface area contributed by atoms with Crippen LogP contribution in [-0.2, 0) is 0 Å². The maximum atomic E-state index is 13.1. The molecular formula is C26H21FO7. The van der Waals surface area contributed by atoms with E-state index in [1.807, 2.05) is 0 Å². The van der Waals surface area contributed by atoms with Crippen LogP contribution in [0.3, 0.4) is 0 Å². The van der Waals surface area contributed by atoms with Gasteiger partial charge in [-0.25, -0.2) is 9.18 Å². The van der Waals surface area contributed by atoms with Gasteiger partial charge >= 0.3 is 5.97 Å². The number of carbonyl (C=O) groups excluding carboxylic acids is 2.